The van der Waals surface area contributed by atoms with Gasteiger partial charge in [0.25, 0.3) is 0 Å². The van der Waals surface area contributed by atoms with Crippen LogP contribution in [0.1, 0.15) is 5.56 Å². The summed E-state index contributed by atoms with van der Waals surface area (Å²) in [4.78, 5) is 3.98. The van der Waals surface area contributed by atoms with Crippen molar-refractivity contribution in [3.8, 4) is 5.69 Å². The molecule has 1 aromatic carbocycles. The van der Waals surface area contributed by atoms with Crippen molar-refractivity contribution >= 4 is 6.08 Å². The van der Waals surface area contributed by atoms with E-state index in [-0.39, 0.29) is 0 Å². The van der Waals surface area contributed by atoms with Crippen LogP contribution in [0, 0.1) is 0 Å². The topological polar surface area (TPSA) is 17.8 Å². The maximum absolute atomic E-state index is 3.98. The van der Waals surface area contributed by atoms with E-state index in [1.807, 2.05) is 41.1 Å². The molecule has 0 saturated heterocycles. The van der Waals surface area contributed by atoms with Crippen LogP contribution in [0.15, 0.2) is 49.6 Å². The lowest BCUT2D eigenvalue weighted by Crippen LogP contribution is -1.88. The van der Waals surface area contributed by atoms with Crippen LogP contribution in [-0.2, 0) is 0 Å². The van der Waals surface area contributed by atoms with Crippen LogP contribution in [0.5, 0.6) is 0 Å². The first-order valence-electron chi connectivity index (χ1n) is 4.11. The molecule has 0 aliphatic rings. The standard InChI is InChI=1S/C11H10N2/c1-2-10-3-5-11(6-4-10)13-8-7-12-9-13/h2-9H,1H2. The Kier molecular flexibility index (Phi) is 1.96. The molecule has 13 heavy (non-hydrogen) atoms. The van der Waals surface area contributed by atoms with E-state index in [0.29, 0.717) is 0 Å². The molecule has 2 heteroatoms. The molecule has 2 rings (SSSR count). The maximum atomic E-state index is 3.98. The fourth-order valence-corrected chi connectivity index (χ4v) is 1.19. The Morgan fingerprint density at radius 1 is 1.23 bits per heavy atom. The van der Waals surface area contributed by atoms with Crippen LogP contribution in [-0.4, -0.2) is 9.55 Å². The number of rotatable bonds is 2. The summed E-state index contributed by atoms with van der Waals surface area (Å²) in [6, 6.07) is 8.14. The molecule has 2 aromatic rings. The van der Waals surface area contributed by atoms with E-state index >= 15 is 0 Å². The Balaban J connectivity index is 2.38. The molecule has 1 aromatic heterocycles. The first kappa shape index (κ1) is 7.80. The van der Waals surface area contributed by atoms with Gasteiger partial charge in [-0.05, 0) is 17.7 Å². The Morgan fingerprint density at radius 2 is 2.00 bits per heavy atom. The molecule has 0 atom stereocenters. The van der Waals surface area contributed by atoms with Gasteiger partial charge in [0.05, 0.1) is 6.33 Å². The minimum atomic E-state index is 1.11. The van der Waals surface area contributed by atoms with E-state index in [9.17, 15) is 0 Å². The summed E-state index contributed by atoms with van der Waals surface area (Å²) in [5.74, 6) is 0. The molecule has 0 unspecified atom stereocenters. The number of imidazole rings is 1. The van der Waals surface area contributed by atoms with E-state index < -0.39 is 0 Å². The quantitative estimate of drug-likeness (QED) is 0.677. The summed E-state index contributed by atoms with van der Waals surface area (Å²) >= 11 is 0. The molecule has 0 radical (unpaired) electrons. The fraction of sp³-hybridized carbons (Fsp3) is 0. The van der Waals surface area contributed by atoms with Crippen molar-refractivity contribution in [1.82, 2.24) is 9.55 Å². The van der Waals surface area contributed by atoms with Crippen molar-refractivity contribution in [1.29, 1.82) is 0 Å². The molecule has 0 saturated carbocycles. The summed E-state index contributed by atoms with van der Waals surface area (Å²) in [6.45, 7) is 3.70. The predicted molar refractivity (Wildman–Crippen MR) is 53.7 cm³/mol. The number of benzene rings is 1. The lowest BCUT2D eigenvalue weighted by molar-refractivity contribution is 1.06. The Bertz CT molecular complexity index is 385. The number of nitrogens with zero attached hydrogens (tertiary/aromatic N) is 2. The van der Waals surface area contributed by atoms with Crippen molar-refractivity contribution in [3.63, 3.8) is 0 Å². The molecule has 0 N–H and O–H groups in total. The van der Waals surface area contributed by atoms with E-state index in [4.69, 9.17) is 0 Å². The molecule has 0 aliphatic heterocycles. The highest BCUT2D eigenvalue weighted by atomic mass is 15.0. The van der Waals surface area contributed by atoms with Crippen LogP contribution in [0.4, 0.5) is 0 Å². The lowest BCUT2D eigenvalue weighted by atomic mass is 10.2. The third-order valence-corrected chi connectivity index (χ3v) is 1.93. The van der Waals surface area contributed by atoms with Gasteiger partial charge < -0.3 is 4.57 Å². The highest BCUT2D eigenvalue weighted by Gasteiger charge is 1.93. The third-order valence-electron chi connectivity index (χ3n) is 1.93. The van der Waals surface area contributed by atoms with Gasteiger partial charge in [-0.15, -0.1) is 0 Å². The van der Waals surface area contributed by atoms with E-state index in [1.54, 1.807) is 12.5 Å². The minimum Gasteiger partial charge on any atom is -0.306 e. The van der Waals surface area contributed by atoms with Gasteiger partial charge in [-0.25, -0.2) is 4.98 Å². The number of hydrogen-bond acceptors (Lipinski definition) is 1. The van der Waals surface area contributed by atoms with Crippen molar-refractivity contribution in [2.75, 3.05) is 0 Å². The smallest absolute Gasteiger partial charge is 0.0991 e. The predicted octanol–water partition coefficient (Wildman–Crippen LogP) is 2.52. The van der Waals surface area contributed by atoms with Gasteiger partial charge in [-0.1, -0.05) is 24.8 Å². The van der Waals surface area contributed by atoms with Gasteiger partial charge in [-0.3, -0.25) is 0 Å². The van der Waals surface area contributed by atoms with Gasteiger partial charge in [0.2, 0.25) is 0 Å². The fourth-order valence-electron chi connectivity index (χ4n) is 1.19. The minimum absolute atomic E-state index is 1.11. The van der Waals surface area contributed by atoms with Gasteiger partial charge in [-0.2, -0.15) is 0 Å². The zero-order valence-electron chi connectivity index (χ0n) is 7.22. The molecule has 64 valence electrons. The van der Waals surface area contributed by atoms with Crippen molar-refractivity contribution in [2.24, 2.45) is 0 Å². The zero-order valence-corrected chi connectivity index (χ0v) is 7.22. The average molecular weight is 170 g/mol. The van der Waals surface area contributed by atoms with E-state index in [1.165, 1.54) is 0 Å². The third kappa shape index (κ3) is 1.51. The second kappa shape index (κ2) is 3.27. The SMILES string of the molecule is C=Cc1ccc(-n2ccnc2)cc1. The second-order valence-electron chi connectivity index (χ2n) is 2.77. The summed E-state index contributed by atoms with van der Waals surface area (Å²) in [5, 5.41) is 0. The highest BCUT2D eigenvalue weighted by Crippen LogP contribution is 2.09. The van der Waals surface area contributed by atoms with Crippen LogP contribution < -0.4 is 0 Å². The molecule has 0 spiro atoms. The molecule has 0 fully saturated rings. The van der Waals surface area contributed by atoms with E-state index in [2.05, 4.69) is 11.6 Å². The number of aromatic nitrogens is 2. The van der Waals surface area contributed by atoms with Gasteiger partial charge >= 0.3 is 0 Å². The number of hydrogen-bond donors (Lipinski definition) is 0. The van der Waals surface area contributed by atoms with Gasteiger partial charge in [0.15, 0.2) is 0 Å². The van der Waals surface area contributed by atoms with Gasteiger partial charge in [0, 0.05) is 18.1 Å². The van der Waals surface area contributed by atoms with Crippen LogP contribution in [0.3, 0.4) is 0 Å². The highest BCUT2D eigenvalue weighted by molar-refractivity contribution is 5.49. The zero-order chi connectivity index (χ0) is 9.10. The molecule has 1 heterocycles. The lowest BCUT2D eigenvalue weighted by Gasteiger charge is -2.01. The van der Waals surface area contributed by atoms with Gasteiger partial charge in [0.1, 0.15) is 0 Å². The summed E-state index contributed by atoms with van der Waals surface area (Å²) < 4.78 is 1.97. The largest absolute Gasteiger partial charge is 0.306 e. The maximum Gasteiger partial charge on any atom is 0.0991 e. The molecular weight excluding hydrogens is 160 g/mol. The summed E-state index contributed by atoms with van der Waals surface area (Å²) in [6.07, 6.45) is 7.30. The normalized spacial score (nSPS) is 9.85. The Labute approximate surface area is 77.2 Å². The summed E-state index contributed by atoms with van der Waals surface area (Å²) in [5.41, 5.74) is 2.24. The molecule has 2 nitrogen and oxygen atoms in total. The molecule has 0 aliphatic carbocycles. The van der Waals surface area contributed by atoms with Crippen LogP contribution in [0.25, 0.3) is 11.8 Å². The monoisotopic (exact) mass is 170 g/mol. The molecule has 0 amide bonds. The first-order valence-corrected chi connectivity index (χ1v) is 4.11. The summed E-state index contributed by atoms with van der Waals surface area (Å²) in [7, 11) is 0. The van der Waals surface area contributed by atoms with Crippen LogP contribution >= 0.6 is 0 Å². The first-order chi connectivity index (χ1) is 6.40. The van der Waals surface area contributed by atoms with Crippen molar-refractivity contribution in [2.45, 2.75) is 0 Å². The average Bonchev–Trinajstić information content (AvgIpc) is 2.71. The Morgan fingerprint density at radius 3 is 2.54 bits per heavy atom. The molecule has 0 bridgehead atoms. The second-order valence-corrected chi connectivity index (χ2v) is 2.77. The Hall–Kier alpha value is -1.83. The van der Waals surface area contributed by atoms with Crippen LogP contribution in [0.2, 0.25) is 0 Å². The van der Waals surface area contributed by atoms with Crippen molar-refractivity contribution < 1.29 is 0 Å². The van der Waals surface area contributed by atoms with Crippen molar-refractivity contribution in [3.05, 3.63) is 55.1 Å². The molecular formula is C11H10N2. The van der Waals surface area contributed by atoms with E-state index in [0.717, 1.165) is 11.3 Å².